The molecule has 0 unspecified atom stereocenters. The van der Waals surface area contributed by atoms with Crippen LogP contribution in [-0.2, 0) is 0 Å². The van der Waals surface area contributed by atoms with E-state index >= 15 is 0 Å². The van der Waals surface area contributed by atoms with Crippen molar-refractivity contribution in [1.29, 1.82) is 0 Å². The second-order valence-electron chi connectivity index (χ2n) is 16.4. The normalized spacial score (nSPS) is 12.4. The first-order chi connectivity index (χ1) is 21.3. The molecular formula is C42H90N2+2. The highest BCUT2D eigenvalue weighted by Gasteiger charge is 2.14. The highest BCUT2D eigenvalue weighted by molar-refractivity contribution is 4.52. The van der Waals surface area contributed by atoms with E-state index in [1.54, 1.807) is 0 Å². The summed E-state index contributed by atoms with van der Waals surface area (Å²) in [5, 5.41) is 0. The third kappa shape index (κ3) is 34.8. The molecule has 0 aliphatic rings. The molecule has 0 aliphatic carbocycles. The molecule has 0 aliphatic heterocycles. The monoisotopic (exact) mass is 623 g/mol. The lowest BCUT2D eigenvalue weighted by atomic mass is 10.0. The van der Waals surface area contributed by atoms with Gasteiger partial charge in [-0.15, -0.1) is 0 Å². The number of nitrogens with zero attached hydrogens (tertiary/aromatic N) is 2. The maximum atomic E-state index is 2.46. The summed E-state index contributed by atoms with van der Waals surface area (Å²) in [4.78, 5) is 0. The van der Waals surface area contributed by atoms with E-state index in [2.05, 4.69) is 42.0 Å². The van der Waals surface area contributed by atoms with Crippen LogP contribution in [0.15, 0.2) is 0 Å². The van der Waals surface area contributed by atoms with E-state index in [9.17, 15) is 0 Å². The van der Waals surface area contributed by atoms with Crippen LogP contribution < -0.4 is 0 Å². The predicted octanol–water partition coefficient (Wildman–Crippen LogP) is 13.7. The Kier molecular flexibility index (Phi) is 32.8. The van der Waals surface area contributed by atoms with Crippen molar-refractivity contribution in [2.75, 3.05) is 54.4 Å². The molecule has 266 valence electrons. The fraction of sp³-hybridized carbons (Fsp3) is 1.00. The molecule has 0 radical (unpaired) electrons. The zero-order valence-electron chi connectivity index (χ0n) is 32.4. The van der Waals surface area contributed by atoms with Gasteiger partial charge >= 0.3 is 0 Å². The van der Waals surface area contributed by atoms with Crippen molar-refractivity contribution in [2.24, 2.45) is 0 Å². The van der Waals surface area contributed by atoms with E-state index in [0.717, 1.165) is 0 Å². The van der Waals surface area contributed by atoms with E-state index in [4.69, 9.17) is 0 Å². The Labute approximate surface area is 282 Å². The molecule has 0 saturated heterocycles. The molecule has 0 heterocycles. The third-order valence-corrected chi connectivity index (χ3v) is 10.5. The summed E-state index contributed by atoms with van der Waals surface area (Å²) in [6.45, 7) is 10.1. The van der Waals surface area contributed by atoms with Gasteiger partial charge in [0.25, 0.3) is 0 Å². The predicted molar refractivity (Wildman–Crippen MR) is 203 cm³/mol. The van der Waals surface area contributed by atoms with Crippen LogP contribution in [-0.4, -0.2) is 63.3 Å². The SMILES string of the molecule is CCCCCCCCCC[N+](C)(C)CCCCCCCCCCCCCCCCCC[N+](C)(C)CCCCCCCCCC. The molecule has 0 amide bonds. The van der Waals surface area contributed by atoms with Crippen LogP contribution in [0.2, 0.25) is 0 Å². The molecule has 0 rings (SSSR count). The smallest absolute Gasteiger partial charge is 0.0782 e. The second kappa shape index (κ2) is 32.8. The van der Waals surface area contributed by atoms with E-state index in [-0.39, 0.29) is 0 Å². The molecule has 0 bridgehead atoms. The molecule has 44 heavy (non-hydrogen) atoms. The number of unbranched alkanes of at least 4 members (excludes halogenated alkanes) is 29. The largest absolute Gasteiger partial charge is 0.328 e. The summed E-state index contributed by atoms with van der Waals surface area (Å²) < 4.78 is 2.49. The van der Waals surface area contributed by atoms with Crippen molar-refractivity contribution in [1.82, 2.24) is 0 Å². The van der Waals surface area contributed by atoms with Crippen LogP contribution in [0.4, 0.5) is 0 Å². The summed E-state index contributed by atoms with van der Waals surface area (Å²) in [5.74, 6) is 0. The summed E-state index contributed by atoms with van der Waals surface area (Å²) in [5.41, 5.74) is 0. The molecular weight excluding hydrogens is 532 g/mol. The van der Waals surface area contributed by atoms with E-state index in [0.29, 0.717) is 0 Å². The van der Waals surface area contributed by atoms with Gasteiger partial charge in [-0.25, -0.2) is 0 Å². The number of hydrogen-bond acceptors (Lipinski definition) is 0. The zero-order valence-corrected chi connectivity index (χ0v) is 32.4. The Morgan fingerprint density at radius 1 is 0.205 bits per heavy atom. The summed E-state index contributed by atoms with van der Waals surface area (Å²) >= 11 is 0. The molecule has 0 saturated carbocycles. The van der Waals surface area contributed by atoms with Crippen LogP contribution in [0, 0.1) is 0 Å². The highest BCUT2D eigenvalue weighted by Crippen LogP contribution is 2.16. The standard InChI is InChI=1S/C42H90N2/c1-7-9-11-13-15-27-31-35-39-43(3,4)41-37-33-29-25-23-21-19-17-18-20-22-24-26-30-34-38-42-44(5,6)40-36-32-28-16-14-12-10-8-2/h7-42H2,1-6H3/q+2. The van der Waals surface area contributed by atoms with Gasteiger partial charge in [0.2, 0.25) is 0 Å². The third-order valence-electron chi connectivity index (χ3n) is 10.5. The molecule has 0 aromatic carbocycles. The zero-order chi connectivity index (χ0) is 32.5. The van der Waals surface area contributed by atoms with Gasteiger partial charge < -0.3 is 8.97 Å². The summed E-state index contributed by atoms with van der Waals surface area (Å²) in [6.07, 6.45) is 46.5. The van der Waals surface area contributed by atoms with Crippen molar-refractivity contribution >= 4 is 0 Å². The number of rotatable bonds is 37. The van der Waals surface area contributed by atoms with Crippen molar-refractivity contribution in [3.05, 3.63) is 0 Å². The first-order valence-corrected chi connectivity index (χ1v) is 21.0. The summed E-state index contributed by atoms with van der Waals surface area (Å²) in [7, 11) is 9.84. The molecule has 0 atom stereocenters. The van der Waals surface area contributed by atoms with Crippen LogP contribution in [0.5, 0.6) is 0 Å². The summed E-state index contributed by atoms with van der Waals surface area (Å²) in [6, 6.07) is 0. The minimum absolute atomic E-state index is 1.24. The minimum atomic E-state index is 1.24. The van der Waals surface area contributed by atoms with Gasteiger partial charge in [-0.1, -0.05) is 168 Å². The van der Waals surface area contributed by atoms with Crippen molar-refractivity contribution in [3.63, 3.8) is 0 Å². The van der Waals surface area contributed by atoms with Gasteiger partial charge in [-0.3, -0.25) is 0 Å². The van der Waals surface area contributed by atoms with Gasteiger partial charge in [0, 0.05) is 0 Å². The van der Waals surface area contributed by atoms with Gasteiger partial charge in [-0.2, -0.15) is 0 Å². The van der Waals surface area contributed by atoms with Gasteiger partial charge in [0.05, 0.1) is 54.4 Å². The van der Waals surface area contributed by atoms with E-state index in [1.165, 1.54) is 241 Å². The van der Waals surface area contributed by atoms with Crippen molar-refractivity contribution in [2.45, 2.75) is 219 Å². The lowest BCUT2D eigenvalue weighted by Crippen LogP contribution is -2.41. The van der Waals surface area contributed by atoms with Crippen LogP contribution in [0.1, 0.15) is 219 Å². The molecule has 0 N–H and O–H groups in total. The molecule has 2 heteroatoms. The Balaban J connectivity index is 3.34. The van der Waals surface area contributed by atoms with E-state index < -0.39 is 0 Å². The van der Waals surface area contributed by atoms with Crippen molar-refractivity contribution in [3.8, 4) is 0 Å². The first kappa shape index (κ1) is 43.9. The molecule has 0 aromatic heterocycles. The second-order valence-corrected chi connectivity index (χ2v) is 16.4. The minimum Gasteiger partial charge on any atom is -0.328 e. The maximum absolute atomic E-state index is 2.46. The lowest BCUT2D eigenvalue weighted by molar-refractivity contribution is -0.890. The van der Waals surface area contributed by atoms with Crippen LogP contribution in [0.3, 0.4) is 0 Å². The molecule has 0 spiro atoms. The van der Waals surface area contributed by atoms with Crippen LogP contribution >= 0.6 is 0 Å². The Bertz CT molecular complexity index is 492. The van der Waals surface area contributed by atoms with Gasteiger partial charge in [0.1, 0.15) is 0 Å². The van der Waals surface area contributed by atoms with E-state index in [1.807, 2.05) is 0 Å². The average molecular weight is 623 g/mol. The molecule has 2 nitrogen and oxygen atoms in total. The number of hydrogen-bond donors (Lipinski definition) is 0. The van der Waals surface area contributed by atoms with Gasteiger partial charge in [0.15, 0.2) is 0 Å². The van der Waals surface area contributed by atoms with Crippen molar-refractivity contribution < 1.29 is 8.97 Å². The Morgan fingerprint density at radius 3 is 0.500 bits per heavy atom. The van der Waals surface area contributed by atoms with Gasteiger partial charge in [-0.05, 0) is 51.4 Å². The molecule has 0 fully saturated rings. The highest BCUT2D eigenvalue weighted by atomic mass is 15.3. The lowest BCUT2D eigenvalue weighted by Gasteiger charge is -2.30. The molecule has 0 aromatic rings. The maximum Gasteiger partial charge on any atom is 0.0782 e. The fourth-order valence-electron chi connectivity index (χ4n) is 7.13. The fourth-order valence-corrected chi connectivity index (χ4v) is 7.13. The average Bonchev–Trinajstić information content (AvgIpc) is 2.99. The Morgan fingerprint density at radius 2 is 0.341 bits per heavy atom. The quantitative estimate of drug-likeness (QED) is 0.0477. The first-order valence-electron chi connectivity index (χ1n) is 21.0. The Hall–Kier alpha value is -0.0800. The number of quaternary nitrogens is 2. The van der Waals surface area contributed by atoms with Crippen LogP contribution in [0.25, 0.3) is 0 Å². The topological polar surface area (TPSA) is 0 Å².